The number of nitrogens with zero attached hydrogens (tertiary/aromatic N) is 7. The van der Waals surface area contributed by atoms with E-state index in [1.54, 1.807) is 24.0 Å². The Morgan fingerprint density at radius 2 is 1.95 bits per heavy atom. The Morgan fingerprint density at radius 3 is 2.62 bits per heavy atom. The maximum absolute atomic E-state index is 9.58. The molecule has 9 heteroatoms. The minimum Gasteiger partial charge on any atom is -0.492 e. The van der Waals surface area contributed by atoms with E-state index in [-0.39, 0.29) is 0 Å². The van der Waals surface area contributed by atoms with Gasteiger partial charge in [-0.3, -0.25) is 4.90 Å². The molecule has 0 aromatic carbocycles. The van der Waals surface area contributed by atoms with Crippen molar-refractivity contribution in [2.24, 2.45) is 0 Å². The summed E-state index contributed by atoms with van der Waals surface area (Å²) in [5.74, 6) is 2.34. The molecule has 6 rings (SSSR count). The first-order valence-corrected chi connectivity index (χ1v) is 12.6. The lowest BCUT2D eigenvalue weighted by Crippen LogP contribution is -2.40. The van der Waals surface area contributed by atoms with Gasteiger partial charge in [-0.25, -0.2) is 14.5 Å². The van der Waals surface area contributed by atoms with Crippen LogP contribution in [0.2, 0.25) is 0 Å². The Morgan fingerprint density at radius 1 is 1.08 bits per heavy atom. The van der Waals surface area contributed by atoms with E-state index in [1.165, 1.54) is 5.56 Å². The van der Waals surface area contributed by atoms with Crippen molar-refractivity contribution >= 4 is 11.3 Å². The number of methoxy groups -OCH3 is 1. The van der Waals surface area contributed by atoms with Crippen molar-refractivity contribution in [1.29, 1.82) is 5.26 Å². The molecule has 2 saturated heterocycles. The Bertz CT molecular complexity index is 1450. The van der Waals surface area contributed by atoms with Gasteiger partial charge >= 0.3 is 0 Å². The van der Waals surface area contributed by atoms with Gasteiger partial charge in [0.1, 0.15) is 17.6 Å². The molecule has 188 valence electrons. The average Bonchev–Trinajstić information content (AvgIpc) is 3.41. The first-order valence-electron chi connectivity index (χ1n) is 12.6. The van der Waals surface area contributed by atoms with Gasteiger partial charge in [0.25, 0.3) is 0 Å². The Hall–Kier alpha value is -4.16. The van der Waals surface area contributed by atoms with Crippen LogP contribution in [0.4, 0.5) is 5.82 Å². The van der Waals surface area contributed by atoms with Gasteiger partial charge in [-0.2, -0.15) is 10.4 Å². The van der Waals surface area contributed by atoms with Crippen molar-refractivity contribution in [3.05, 3.63) is 66.2 Å². The molecule has 0 saturated carbocycles. The van der Waals surface area contributed by atoms with E-state index in [0.717, 1.165) is 61.5 Å². The average molecular weight is 496 g/mol. The van der Waals surface area contributed by atoms with Gasteiger partial charge in [-0.05, 0) is 43.5 Å². The Balaban J connectivity index is 1.14. The molecule has 0 bridgehead atoms. The van der Waals surface area contributed by atoms with Crippen LogP contribution in [0.5, 0.6) is 11.6 Å². The molecule has 0 N–H and O–H groups in total. The van der Waals surface area contributed by atoms with Gasteiger partial charge in [0.15, 0.2) is 0 Å². The molecule has 1 unspecified atom stereocenters. The zero-order chi connectivity index (χ0) is 25.4. The standard InChI is InChI=1S/C28H29N7O2/c1-3-37-23-12-24(27-22(13-29)16-32-35(27)18-23)21-5-6-25(30-15-21)33-10-8-28(9-11-33)19-34(28)17-20-4-7-26(36-2)31-14-20/h4-7,12,14-16,18H,3,8-11,17,19H2,1-2H3. The van der Waals surface area contributed by atoms with E-state index in [0.29, 0.717) is 29.3 Å². The number of piperidine rings is 1. The summed E-state index contributed by atoms with van der Waals surface area (Å²) in [5.41, 5.74) is 4.64. The van der Waals surface area contributed by atoms with E-state index in [1.807, 2.05) is 31.5 Å². The molecule has 4 aromatic rings. The summed E-state index contributed by atoms with van der Waals surface area (Å²) in [4.78, 5) is 14.1. The van der Waals surface area contributed by atoms with Crippen LogP contribution in [0.15, 0.2) is 55.1 Å². The number of ether oxygens (including phenoxy) is 2. The number of aromatic nitrogens is 4. The zero-order valence-electron chi connectivity index (χ0n) is 21.1. The maximum atomic E-state index is 9.58. The van der Waals surface area contributed by atoms with Crippen LogP contribution in [0.3, 0.4) is 0 Å². The third kappa shape index (κ3) is 4.34. The van der Waals surface area contributed by atoms with Gasteiger partial charge in [0.05, 0.1) is 37.2 Å². The normalized spacial score (nSPS) is 18.1. The summed E-state index contributed by atoms with van der Waals surface area (Å²) >= 11 is 0. The topological polar surface area (TPSA) is 91.6 Å². The molecule has 1 spiro atoms. The smallest absolute Gasteiger partial charge is 0.212 e. The van der Waals surface area contributed by atoms with E-state index < -0.39 is 0 Å². The zero-order valence-corrected chi connectivity index (χ0v) is 21.1. The molecule has 0 radical (unpaired) electrons. The van der Waals surface area contributed by atoms with Crippen molar-refractivity contribution in [3.8, 4) is 28.8 Å². The second-order valence-electron chi connectivity index (χ2n) is 9.67. The van der Waals surface area contributed by atoms with Crippen LogP contribution in [0.25, 0.3) is 16.6 Å². The SMILES string of the molecule is CCOc1cc(-c2ccc(N3CCC4(CC3)CN4Cc3ccc(OC)nc3)nc2)c2c(C#N)cnn2c1. The van der Waals surface area contributed by atoms with Gasteiger partial charge in [-0.15, -0.1) is 0 Å². The molecule has 6 heterocycles. The lowest BCUT2D eigenvalue weighted by Gasteiger charge is -2.33. The molecule has 2 aliphatic rings. The summed E-state index contributed by atoms with van der Waals surface area (Å²) in [6.45, 7) is 6.53. The lowest BCUT2D eigenvalue weighted by atomic mass is 9.96. The van der Waals surface area contributed by atoms with Gasteiger partial charge in [-0.1, -0.05) is 6.07 Å². The van der Waals surface area contributed by atoms with E-state index in [4.69, 9.17) is 14.5 Å². The molecule has 0 aliphatic carbocycles. The third-order valence-electron chi connectivity index (χ3n) is 7.53. The first kappa shape index (κ1) is 23.3. The third-order valence-corrected chi connectivity index (χ3v) is 7.53. The molecule has 2 fully saturated rings. The molecular formula is C28H29N7O2. The summed E-state index contributed by atoms with van der Waals surface area (Å²) in [6.07, 6.45) is 9.44. The summed E-state index contributed by atoms with van der Waals surface area (Å²) in [7, 11) is 1.64. The fraction of sp³-hybridized carbons (Fsp3) is 0.357. The Kier molecular flexibility index (Phi) is 5.89. The van der Waals surface area contributed by atoms with Crippen molar-refractivity contribution in [2.75, 3.05) is 38.3 Å². The molecule has 37 heavy (non-hydrogen) atoms. The van der Waals surface area contributed by atoms with Crippen molar-refractivity contribution in [3.63, 3.8) is 0 Å². The highest BCUT2D eigenvalue weighted by Crippen LogP contribution is 2.43. The van der Waals surface area contributed by atoms with Crippen molar-refractivity contribution < 1.29 is 9.47 Å². The van der Waals surface area contributed by atoms with E-state index >= 15 is 0 Å². The number of hydrogen-bond donors (Lipinski definition) is 0. The van der Waals surface area contributed by atoms with Gasteiger partial charge in [0, 0.05) is 61.3 Å². The minimum atomic E-state index is 0.303. The summed E-state index contributed by atoms with van der Waals surface area (Å²) in [6, 6.07) is 12.4. The first-order chi connectivity index (χ1) is 18.1. The summed E-state index contributed by atoms with van der Waals surface area (Å²) < 4.78 is 12.6. The van der Waals surface area contributed by atoms with E-state index in [2.05, 4.69) is 44.2 Å². The fourth-order valence-corrected chi connectivity index (χ4v) is 5.39. The van der Waals surface area contributed by atoms with E-state index in [9.17, 15) is 5.26 Å². The van der Waals surface area contributed by atoms with Crippen LogP contribution in [-0.2, 0) is 6.54 Å². The van der Waals surface area contributed by atoms with Crippen molar-refractivity contribution in [1.82, 2.24) is 24.5 Å². The highest BCUT2D eigenvalue weighted by Gasteiger charge is 2.52. The second kappa shape index (κ2) is 9.37. The molecule has 1 atom stereocenters. The molecule has 9 nitrogen and oxygen atoms in total. The van der Waals surface area contributed by atoms with Crippen LogP contribution in [0, 0.1) is 11.3 Å². The summed E-state index contributed by atoms with van der Waals surface area (Å²) in [5, 5.41) is 13.9. The number of fused-ring (bicyclic) bond motifs is 1. The lowest BCUT2D eigenvalue weighted by molar-refractivity contribution is 0.335. The Labute approximate surface area is 215 Å². The minimum absolute atomic E-state index is 0.303. The largest absolute Gasteiger partial charge is 0.492 e. The van der Waals surface area contributed by atoms with Crippen LogP contribution < -0.4 is 14.4 Å². The fourth-order valence-electron chi connectivity index (χ4n) is 5.39. The number of rotatable bonds is 7. The van der Waals surface area contributed by atoms with Crippen LogP contribution in [0.1, 0.15) is 30.9 Å². The number of anilines is 1. The quantitative estimate of drug-likeness (QED) is 0.356. The highest BCUT2D eigenvalue weighted by atomic mass is 16.5. The molecular weight excluding hydrogens is 466 g/mol. The predicted molar refractivity (Wildman–Crippen MR) is 140 cm³/mol. The highest BCUT2D eigenvalue weighted by molar-refractivity contribution is 5.85. The molecule has 0 amide bonds. The predicted octanol–water partition coefficient (Wildman–Crippen LogP) is 3.93. The van der Waals surface area contributed by atoms with Crippen LogP contribution >= 0.6 is 0 Å². The molecule has 2 aliphatic heterocycles. The van der Waals surface area contributed by atoms with Crippen molar-refractivity contribution in [2.45, 2.75) is 31.8 Å². The maximum Gasteiger partial charge on any atom is 0.212 e. The van der Waals surface area contributed by atoms with Gasteiger partial charge < -0.3 is 14.4 Å². The number of hydrogen-bond acceptors (Lipinski definition) is 8. The second-order valence-corrected chi connectivity index (χ2v) is 9.67. The number of pyridine rings is 3. The van der Waals surface area contributed by atoms with Gasteiger partial charge in [0.2, 0.25) is 5.88 Å². The molecule has 4 aromatic heterocycles. The monoisotopic (exact) mass is 495 g/mol. The van der Waals surface area contributed by atoms with Crippen LogP contribution in [-0.4, -0.2) is 63.4 Å². The number of nitriles is 1.